The molecule has 2 amide bonds. The van der Waals surface area contributed by atoms with Crippen molar-refractivity contribution in [2.24, 2.45) is 0 Å². The van der Waals surface area contributed by atoms with Gasteiger partial charge in [-0.25, -0.2) is 14.2 Å². The Balaban J connectivity index is 1.51. The van der Waals surface area contributed by atoms with E-state index in [0.717, 1.165) is 23.8 Å². The molecular weight excluding hydrogens is 366 g/mol. The van der Waals surface area contributed by atoms with E-state index in [9.17, 15) is 22.4 Å². The van der Waals surface area contributed by atoms with Gasteiger partial charge in [-0.2, -0.15) is 18.3 Å². The fourth-order valence-electron chi connectivity index (χ4n) is 3.03. The summed E-state index contributed by atoms with van der Waals surface area (Å²) in [5, 5.41) is 9.49. The van der Waals surface area contributed by atoms with E-state index < -0.39 is 17.6 Å². The first-order valence-corrected chi connectivity index (χ1v) is 8.51. The number of carbonyl (C=O) groups excluding carboxylic acids is 1. The van der Waals surface area contributed by atoms with Crippen molar-refractivity contribution in [3.8, 4) is 0 Å². The Morgan fingerprint density at radius 3 is 2.59 bits per heavy atom. The largest absolute Gasteiger partial charge is 0.416 e. The van der Waals surface area contributed by atoms with Crippen molar-refractivity contribution >= 4 is 6.03 Å². The molecule has 0 aliphatic carbocycles. The molecule has 2 N–H and O–H groups in total. The van der Waals surface area contributed by atoms with E-state index >= 15 is 0 Å². The number of aromatic nitrogens is 3. The number of urea groups is 1. The van der Waals surface area contributed by atoms with Gasteiger partial charge in [-0.1, -0.05) is 6.07 Å². The lowest BCUT2D eigenvalue weighted by molar-refractivity contribution is -0.137. The lowest BCUT2D eigenvalue weighted by atomic mass is 9.96. The van der Waals surface area contributed by atoms with Gasteiger partial charge in [-0.3, -0.25) is 5.10 Å². The number of alkyl halides is 3. The van der Waals surface area contributed by atoms with Crippen LogP contribution in [0.2, 0.25) is 0 Å². The summed E-state index contributed by atoms with van der Waals surface area (Å²) in [5.74, 6) is 0.651. The molecule has 1 aliphatic heterocycles. The molecule has 10 heteroatoms. The lowest BCUT2D eigenvalue weighted by Crippen LogP contribution is -2.44. The first-order chi connectivity index (χ1) is 12.7. The Labute approximate surface area is 153 Å². The van der Waals surface area contributed by atoms with Crippen LogP contribution in [0.25, 0.3) is 0 Å². The van der Waals surface area contributed by atoms with Crippen molar-refractivity contribution in [1.29, 1.82) is 0 Å². The average molecular weight is 385 g/mol. The second-order valence-corrected chi connectivity index (χ2v) is 6.50. The molecule has 3 rings (SSSR count). The molecule has 146 valence electrons. The summed E-state index contributed by atoms with van der Waals surface area (Å²) >= 11 is 0. The van der Waals surface area contributed by atoms with E-state index in [1.165, 1.54) is 0 Å². The number of amides is 2. The van der Waals surface area contributed by atoms with Gasteiger partial charge in [0.1, 0.15) is 11.6 Å². The van der Waals surface area contributed by atoms with Gasteiger partial charge in [0.05, 0.1) is 5.56 Å². The van der Waals surface area contributed by atoms with Gasteiger partial charge in [-0.15, -0.1) is 0 Å². The van der Waals surface area contributed by atoms with Gasteiger partial charge in [-0.05, 0) is 31.9 Å². The van der Waals surface area contributed by atoms with Gasteiger partial charge < -0.3 is 10.2 Å². The van der Waals surface area contributed by atoms with Gasteiger partial charge >= 0.3 is 12.2 Å². The molecule has 0 radical (unpaired) electrons. The maximum Gasteiger partial charge on any atom is 0.416 e. The number of hydrogen-bond acceptors (Lipinski definition) is 3. The minimum atomic E-state index is -4.60. The minimum Gasteiger partial charge on any atom is -0.334 e. The third-order valence-electron chi connectivity index (χ3n) is 4.57. The smallest absolute Gasteiger partial charge is 0.334 e. The fraction of sp³-hybridized carbons (Fsp3) is 0.471. The fourth-order valence-corrected chi connectivity index (χ4v) is 3.03. The number of nitrogens with one attached hydrogen (secondary N) is 2. The molecule has 1 aromatic carbocycles. The number of hydrogen-bond donors (Lipinski definition) is 2. The highest BCUT2D eigenvalue weighted by Gasteiger charge is 2.31. The molecule has 1 fully saturated rings. The van der Waals surface area contributed by atoms with Crippen molar-refractivity contribution in [3.05, 3.63) is 46.8 Å². The highest BCUT2D eigenvalue weighted by molar-refractivity contribution is 5.74. The number of H-pyrrole nitrogens is 1. The summed E-state index contributed by atoms with van der Waals surface area (Å²) in [6.45, 7) is 2.64. The number of benzene rings is 1. The number of carbonyl (C=O) groups is 1. The van der Waals surface area contributed by atoms with Crippen LogP contribution in [-0.4, -0.2) is 39.2 Å². The molecule has 0 atom stereocenters. The molecule has 1 aliphatic rings. The van der Waals surface area contributed by atoms with E-state index in [2.05, 4.69) is 20.5 Å². The number of rotatable bonds is 3. The Kier molecular flexibility index (Phi) is 5.33. The number of halogens is 4. The second kappa shape index (κ2) is 7.53. The Bertz CT molecular complexity index is 812. The summed E-state index contributed by atoms with van der Waals surface area (Å²) in [6, 6.07) is 1.90. The molecule has 0 bridgehead atoms. The second-order valence-electron chi connectivity index (χ2n) is 6.50. The summed E-state index contributed by atoms with van der Waals surface area (Å²) in [7, 11) is 0. The van der Waals surface area contributed by atoms with E-state index in [-0.39, 0.29) is 24.1 Å². The molecule has 0 unspecified atom stereocenters. The maximum absolute atomic E-state index is 13.8. The molecule has 2 aromatic rings. The number of nitrogens with zero attached hydrogens (tertiary/aromatic N) is 3. The van der Waals surface area contributed by atoms with E-state index in [1.54, 1.807) is 4.90 Å². The molecule has 0 saturated carbocycles. The van der Waals surface area contributed by atoms with Crippen molar-refractivity contribution in [2.75, 3.05) is 13.1 Å². The quantitative estimate of drug-likeness (QED) is 0.796. The van der Waals surface area contributed by atoms with Crippen molar-refractivity contribution in [2.45, 2.75) is 38.4 Å². The molecule has 2 heterocycles. The standard InChI is InChI=1S/C17H19F4N5O/c1-10-23-15(25-24-10)11-4-6-26(7-5-11)16(27)22-9-12-2-3-13(8-14(12)18)17(19,20)21/h2-3,8,11H,4-7,9H2,1H3,(H,22,27)(H,23,24,25). The van der Waals surface area contributed by atoms with E-state index in [1.807, 2.05) is 6.92 Å². The van der Waals surface area contributed by atoms with Crippen LogP contribution in [0, 0.1) is 12.7 Å². The summed E-state index contributed by atoms with van der Waals surface area (Å²) in [4.78, 5) is 18.1. The van der Waals surface area contributed by atoms with Gasteiger partial charge in [0.15, 0.2) is 5.82 Å². The number of aromatic amines is 1. The maximum atomic E-state index is 13.8. The van der Waals surface area contributed by atoms with Crippen LogP contribution >= 0.6 is 0 Å². The third kappa shape index (κ3) is 4.55. The number of aryl methyl sites for hydroxylation is 1. The number of likely N-dealkylation sites (tertiary alicyclic amines) is 1. The Morgan fingerprint density at radius 2 is 2.04 bits per heavy atom. The van der Waals surface area contributed by atoms with E-state index in [4.69, 9.17) is 0 Å². The van der Waals surface area contributed by atoms with Crippen molar-refractivity contribution in [1.82, 2.24) is 25.4 Å². The zero-order valence-corrected chi connectivity index (χ0v) is 14.6. The lowest BCUT2D eigenvalue weighted by Gasteiger charge is -2.30. The molecule has 6 nitrogen and oxygen atoms in total. The Morgan fingerprint density at radius 1 is 1.33 bits per heavy atom. The monoisotopic (exact) mass is 385 g/mol. The molecule has 0 spiro atoms. The molecule has 1 saturated heterocycles. The third-order valence-corrected chi connectivity index (χ3v) is 4.57. The van der Waals surface area contributed by atoms with Crippen molar-refractivity contribution < 1.29 is 22.4 Å². The summed E-state index contributed by atoms with van der Waals surface area (Å²) in [6.07, 6.45) is -3.19. The minimum absolute atomic E-state index is 0.00225. The van der Waals surface area contributed by atoms with Crippen LogP contribution in [-0.2, 0) is 12.7 Å². The normalized spacial score (nSPS) is 15.8. The summed E-state index contributed by atoms with van der Waals surface area (Å²) < 4.78 is 51.5. The SMILES string of the molecule is Cc1nc(C2CCN(C(=O)NCc3ccc(C(F)(F)F)cc3F)CC2)n[nH]1. The van der Waals surface area contributed by atoms with Gasteiger partial charge in [0.25, 0.3) is 0 Å². The predicted octanol–water partition coefficient (Wildman–Crippen LogP) is 3.36. The average Bonchev–Trinajstić information content (AvgIpc) is 3.06. The highest BCUT2D eigenvalue weighted by Crippen LogP contribution is 2.30. The van der Waals surface area contributed by atoms with Crippen LogP contribution in [0.4, 0.5) is 22.4 Å². The highest BCUT2D eigenvalue weighted by atomic mass is 19.4. The van der Waals surface area contributed by atoms with Gasteiger partial charge in [0.2, 0.25) is 0 Å². The Hall–Kier alpha value is -2.65. The van der Waals surface area contributed by atoms with Crippen molar-refractivity contribution in [3.63, 3.8) is 0 Å². The number of piperidine rings is 1. The van der Waals surface area contributed by atoms with Crippen LogP contribution in [0.5, 0.6) is 0 Å². The van der Waals surface area contributed by atoms with Crippen LogP contribution in [0.15, 0.2) is 18.2 Å². The first-order valence-electron chi connectivity index (χ1n) is 8.51. The van der Waals surface area contributed by atoms with Crippen LogP contribution in [0.3, 0.4) is 0 Å². The predicted molar refractivity (Wildman–Crippen MR) is 88.3 cm³/mol. The first kappa shape index (κ1) is 19.1. The molecule has 1 aromatic heterocycles. The topological polar surface area (TPSA) is 73.9 Å². The molecular formula is C17H19F4N5O. The van der Waals surface area contributed by atoms with Gasteiger partial charge in [0, 0.05) is 31.1 Å². The molecule has 27 heavy (non-hydrogen) atoms. The zero-order chi connectivity index (χ0) is 19.6. The van der Waals surface area contributed by atoms with Crippen LogP contribution < -0.4 is 5.32 Å². The van der Waals surface area contributed by atoms with E-state index in [0.29, 0.717) is 32.0 Å². The summed E-state index contributed by atoms with van der Waals surface area (Å²) in [5.41, 5.74) is -1.05. The van der Waals surface area contributed by atoms with Crippen LogP contribution in [0.1, 0.15) is 41.5 Å². The zero-order valence-electron chi connectivity index (χ0n) is 14.6.